The number of benzene rings is 2. The average molecular weight is 396 g/mol. The summed E-state index contributed by atoms with van der Waals surface area (Å²) in [7, 11) is -7.57. The van der Waals surface area contributed by atoms with Crippen LogP contribution in [0.2, 0.25) is 0 Å². The summed E-state index contributed by atoms with van der Waals surface area (Å²) < 4.78 is 51.9. The second-order valence-corrected chi connectivity index (χ2v) is 10.6. The van der Waals surface area contributed by atoms with Gasteiger partial charge in [0.15, 0.2) is 9.84 Å². The molecule has 140 valence electrons. The number of para-hydroxylation sites is 1. The Labute approximate surface area is 154 Å². The molecule has 1 saturated heterocycles. The normalized spacial score (nSPS) is 22.3. The number of aryl methyl sites for hydroxylation is 2. The van der Waals surface area contributed by atoms with Crippen LogP contribution < -0.4 is 4.31 Å². The van der Waals surface area contributed by atoms with E-state index in [4.69, 9.17) is 0 Å². The number of aliphatic hydroxyl groups excluding tert-OH is 1. The number of rotatable bonds is 4. The number of sulfone groups is 1. The Bertz CT molecular complexity index is 1020. The van der Waals surface area contributed by atoms with E-state index in [9.17, 15) is 21.9 Å². The van der Waals surface area contributed by atoms with Gasteiger partial charge in [-0.3, -0.25) is 4.31 Å². The highest BCUT2D eigenvalue weighted by molar-refractivity contribution is 7.93. The van der Waals surface area contributed by atoms with E-state index < -0.39 is 43.5 Å². The van der Waals surface area contributed by atoms with Gasteiger partial charge in [0.2, 0.25) is 0 Å². The molecule has 1 aliphatic rings. The molecule has 0 amide bonds. The SMILES string of the molecule is Cc1ccc(S(=O)(=O)N(c2ccccc2)[C@H]2CS(=O)(=O)C[C@H]2O)c(C)c1. The third kappa shape index (κ3) is 3.49. The lowest BCUT2D eigenvalue weighted by Gasteiger charge is -2.32. The lowest BCUT2D eigenvalue weighted by atomic mass is 10.2. The molecule has 0 aliphatic carbocycles. The molecule has 0 unspecified atom stereocenters. The topological polar surface area (TPSA) is 91.8 Å². The lowest BCUT2D eigenvalue weighted by Crippen LogP contribution is -2.47. The second-order valence-electron chi connectivity index (χ2n) is 6.62. The predicted octanol–water partition coefficient (Wildman–Crippen LogP) is 1.66. The van der Waals surface area contributed by atoms with Crippen LogP contribution in [-0.2, 0) is 19.9 Å². The Hall–Kier alpha value is -1.90. The standard InChI is InChI=1S/C18H21NO5S2/c1-13-8-9-18(14(2)10-13)26(23,24)19(15-6-4-3-5-7-15)16-11-25(21,22)12-17(16)20/h3-10,16-17,20H,11-12H2,1-2H3/t16-,17+/m0/s1. The van der Waals surface area contributed by atoms with Crippen LogP contribution in [0.4, 0.5) is 5.69 Å². The van der Waals surface area contributed by atoms with Crippen LogP contribution in [0.3, 0.4) is 0 Å². The van der Waals surface area contributed by atoms with Gasteiger partial charge in [-0.1, -0.05) is 35.9 Å². The minimum Gasteiger partial charge on any atom is -0.390 e. The smallest absolute Gasteiger partial charge is 0.264 e. The van der Waals surface area contributed by atoms with E-state index >= 15 is 0 Å². The van der Waals surface area contributed by atoms with Gasteiger partial charge in [0.05, 0.1) is 34.2 Å². The van der Waals surface area contributed by atoms with Crippen molar-refractivity contribution in [2.24, 2.45) is 0 Å². The van der Waals surface area contributed by atoms with Crippen molar-refractivity contribution in [2.75, 3.05) is 15.8 Å². The van der Waals surface area contributed by atoms with Crippen LogP contribution in [0.5, 0.6) is 0 Å². The molecule has 0 aromatic heterocycles. The molecular formula is C18H21NO5S2. The van der Waals surface area contributed by atoms with Crippen LogP contribution in [0.25, 0.3) is 0 Å². The van der Waals surface area contributed by atoms with E-state index in [1.807, 2.05) is 6.92 Å². The molecule has 0 spiro atoms. The minimum atomic E-state index is -4.06. The van der Waals surface area contributed by atoms with Crippen molar-refractivity contribution in [3.8, 4) is 0 Å². The van der Waals surface area contributed by atoms with Gasteiger partial charge >= 0.3 is 0 Å². The summed E-state index contributed by atoms with van der Waals surface area (Å²) in [6.45, 7) is 3.57. The van der Waals surface area contributed by atoms with Gasteiger partial charge in [0.1, 0.15) is 0 Å². The molecule has 1 fully saturated rings. The predicted molar refractivity (Wildman–Crippen MR) is 100 cm³/mol. The first-order valence-corrected chi connectivity index (χ1v) is 11.4. The van der Waals surface area contributed by atoms with Crippen molar-refractivity contribution in [1.82, 2.24) is 0 Å². The number of hydrogen-bond acceptors (Lipinski definition) is 5. The van der Waals surface area contributed by atoms with Gasteiger partial charge in [0, 0.05) is 0 Å². The van der Waals surface area contributed by atoms with Gasteiger partial charge in [-0.25, -0.2) is 16.8 Å². The first-order chi connectivity index (χ1) is 12.1. The Morgan fingerprint density at radius 2 is 1.69 bits per heavy atom. The van der Waals surface area contributed by atoms with Crippen LogP contribution in [0, 0.1) is 13.8 Å². The molecule has 1 N–H and O–H groups in total. The fourth-order valence-electron chi connectivity index (χ4n) is 3.31. The summed E-state index contributed by atoms with van der Waals surface area (Å²) in [4.78, 5) is 0.100. The molecule has 2 atom stereocenters. The number of sulfonamides is 1. The second kappa shape index (κ2) is 6.68. The zero-order valence-corrected chi connectivity index (χ0v) is 16.2. The van der Waals surface area contributed by atoms with Crippen molar-refractivity contribution < 1.29 is 21.9 Å². The Kier molecular flexibility index (Phi) is 4.85. The number of aliphatic hydroxyl groups is 1. The van der Waals surface area contributed by atoms with Gasteiger partial charge < -0.3 is 5.11 Å². The quantitative estimate of drug-likeness (QED) is 0.850. The molecule has 1 heterocycles. The monoisotopic (exact) mass is 395 g/mol. The lowest BCUT2D eigenvalue weighted by molar-refractivity contribution is 0.184. The summed E-state index contributed by atoms with van der Waals surface area (Å²) in [5.41, 5.74) is 1.83. The van der Waals surface area contributed by atoms with Gasteiger partial charge in [-0.05, 0) is 37.6 Å². The molecule has 1 aliphatic heterocycles. The largest absolute Gasteiger partial charge is 0.390 e. The highest BCUT2D eigenvalue weighted by Crippen LogP contribution is 2.32. The average Bonchev–Trinajstić information content (AvgIpc) is 2.80. The summed E-state index contributed by atoms with van der Waals surface area (Å²) in [5.74, 6) is -0.851. The third-order valence-corrected chi connectivity index (χ3v) is 8.18. The van der Waals surface area contributed by atoms with E-state index in [1.54, 1.807) is 49.4 Å². The molecule has 8 heteroatoms. The van der Waals surface area contributed by atoms with Crippen LogP contribution in [-0.4, -0.2) is 45.6 Å². The Morgan fingerprint density at radius 3 is 2.23 bits per heavy atom. The van der Waals surface area contributed by atoms with Crippen LogP contribution in [0.1, 0.15) is 11.1 Å². The highest BCUT2D eigenvalue weighted by Gasteiger charge is 2.45. The Balaban J connectivity index is 2.18. The van der Waals surface area contributed by atoms with Crippen LogP contribution >= 0.6 is 0 Å². The number of nitrogens with zero attached hydrogens (tertiary/aromatic N) is 1. The van der Waals surface area contributed by atoms with Gasteiger partial charge in [-0.2, -0.15) is 0 Å². The number of hydrogen-bond donors (Lipinski definition) is 1. The van der Waals surface area contributed by atoms with E-state index in [-0.39, 0.29) is 4.90 Å². The summed E-state index contributed by atoms with van der Waals surface area (Å²) >= 11 is 0. The van der Waals surface area contributed by atoms with E-state index in [1.165, 1.54) is 6.07 Å². The molecular weight excluding hydrogens is 374 g/mol. The fraction of sp³-hybridized carbons (Fsp3) is 0.333. The van der Waals surface area contributed by atoms with Crippen molar-refractivity contribution >= 4 is 25.5 Å². The molecule has 2 aromatic rings. The molecule has 2 aromatic carbocycles. The first kappa shape index (κ1) is 18.9. The maximum atomic E-state index is 13.4. The zero-order chi connectivity index (χ0) is 19.1. The van der Waals surface area contributed by atoms with Gasteiger partial charge in [-0.15, -0.1) is 0 Å². The third-order valence-electron chi connectivity index (χ3n) is 4.47. The zero-order valence-electron chi connectivity index (χ0n) is 14.5. The molecule has 0 bridgehead atoms. The van der Waals surface area contributed by atoms with Gasteiger partial charge in [0.25, 0.3) is 10.0 Å². The summed E-state index contributed by atoms with van der Waals surface area (Å²) in [5, 5.41) is 10.3. The highest BCUT2D eigenvalue weighted by atomic mass is 32.2. The molecule has 3 rings (SSSR count). The van der Waals surface area contributed by atoms with Crippen molar-refractivity contribution in [3.63, 3.8) is 0 Å². The van der Waals surface area contributed by atoms with Crippen molar-refractivity contribution in [2.45, 2.75) is 30.9 Å². The maximum Gasteiger partial charge on any atom is 0.264 e. The maximum absolute atomic E-state index is 13.4. The molecule has 0 saturated carbocycles. The fourth-order valence-corrected chi connectivity index (χ4v) is 7.07. The minimum absolute atomic E-state index is 0.100. The summed E-state index contributed by atoms with van der Waals surface area (Å²) in [6.07, 6.45) is -1.28. The number of anilines is 1. The Morgan fingerprint density at radius 1 is 1.04 bits per heavy atom. The first-order valence-electron chi connectivity index (χ1n) is 8.17. The van der Waals surface area contributed by atoms with E-state index in [0.29, 0.717) is 11.3 Å². The van der Waals surface area contributed by atoms with Crippen molar-refractivity contribution in [1.29, 1.82) is 0 Å². The van der Waals surface area contributed by atoms with E-state index in [2.05, 4.69) is 0 Å². The molecule has 6 nitrogen and oxygen atoms in total. The molecule has 26 heavy (non-hydrogen) atoms. The van der Waals surface area contributed by atoms with Crippen LogP contribution in [0.15, 0.2) is 53.4 Å². The molecule has 0 radical (unpaired) electrons. The van der Waals surface area contributed by atoms with Crippen molar-refractivity contribution in [3.05, 3.63) is 59.7 Å². The summed E-state index contributed by atoms with van der Waals surface area (Å²) in [6, 6.07) is 12.2. The van der Waals surface area contributed by atoms with E-state index in [0.717, 1.165) is 9.87 Å².